The summed E-state index contributed by atoms with van der Waals surface area (Å²) in [5, 5.41) is 0. The maximum Gasteiger partial charge on any atom is 0.305 e. The van der Waals surface area contributed by atoms with Gasteiger partial charge < -0.3 is 9.47 Å². The molecular weight excluding hydrogens is 330 g/mol. The first-order valence-corrected chi connectivity index (χ1v) is 9.77. The molecule has 1 heterocycles. The molecule has 0 bridgehead atoms. The summed E-state index contributed by atoms with van der Waals surface area (Å²) in [6.45, 7) is 6.44. The van der Waals surface area contributed by atoms with Crippen LogP contribution in [0.25, 0.3) is 0 Å². The molecule has 0 unspecified atom stereocenters. The summed E-state index contributed by atoms with van der Waals surface area (Å²) in [4.78, 5) is 26.2. The first-order chi connectivity index (χ1) is 12.7. The van der Waals surface area contributed by atoms with Gasteiger partial charge in [-0.2, -0.15) is 0 Å². The largest absolute Gasteiger partial charge is 0.466 e. The Hall–Kier alpha value is -1.72. The van der Waals surface area contributed by atoms with E-state index in [0.717, 1.165) is 69.7 Å². The van der Waals surface area contributed by atoms with Gasteiger partial charge in [-0.05, 0) is 25.3 Å². The third kappa shape index (κ3) is 7.26. The van der Waals surface area contributed by atoms with Gasteiger partial charge >= 0.3 is 5.97 Å². The second-order valence-electron chi connectivity index (χ2n) is 6.69. The number of rotatable bonds is 11. The minimum absolute atomic E-state index is 0.124. The van der Waals surface area contributed by atoms with Crippen molar-refractivity contribution in [3.05, 3.63) is 35.4 Å². The molecule has 1 aromatic carbocycles. The highest BCUT2D eigenvalue weighted by atomic mass is 16.5. The number of hydrogen-bond acceptors (Lipinski definition) is 5. The van der Waals surface area contributed by atoms with Gasteiger partial charge in [-0.25, -0.2) is 0 Å². The Kier molecular flexibility index (Phi) is 9.35. The van der Waals surface area contributed by atoms with E-state index < -0.39 is 0 Å². The van der Waals surface area contributed by atoms with E-state index in [9.17, 15) is 9.59 Å². The van der Waals surface area contributed by atoms with E-state index in [2.05, 4.69) is 11.0 Å². The molecule has 0 aliphatic carbocycles. The first-order valence-electron chi connectivity index (χ1n) is 9.77. The summed E-state index contributed by atoms with van der Waals surface area (Å²) < 4.78 is 10.3. The molecule has 0 amide bonds. The number of carbonyl (C=O) groups excluding carboxylic acids is 2. The Morgan fingerprint density at radius 1 is 1.04 bits per heavy atom. The molecule has 0 saturated carbocycles. The predicted molar refractivity (Wildman–Crippen MR) is 101 cm³/mol. The van der Waals surface area contributed by atoms with Crippen molar-refractivity contribution in [2.45, 2.75) is 52.0 Å². The van der Waals surface area contributed by atoms with Crippen molar-refractivity contribution in [2.24, 2.45) is 0 Å². The van der Waals surface area contributed by atoms with Crippen LogP contribution in [-0.2, 0) is 20.8 Å². The molecule has 1 aromatic rings. The first kappa shape index (κ1) is 20.6. The molecule has 2 rings (SSSR count). The highest BCUT2D eigenvalue weighted by Crippen LogP contribution is 2.17. The monoisotopic (exact) mass is 361 g/mol. The molecule has 1 fully saturated rings. The van der Waals surface area contributed by atoms with Gasteiger partial charge in [0, 0.05) is 38.0 Å². The molecule has 5 heteroatoms. The van der Waals surface area contributed by atoms with Crippen molar-refractivity contribution in [1.82, 2.24) is 4.90 Å². The van der Waals surface area contributed by atoms with Crippen molar-refractivity contribution >= 4 is 11.8 Å². The van der Waals surface area contributed by atoms with E-state index in [-0.39, 0.29) is 11.8 Å². The lowest BCUT2D eigenvalue weighted by molar-refractivity contribution is -0.143. The predicted octanol–water partition coefficient (Wildman–Crippen LogP) is 3.61. The fourth-order valence-corrected chi connectivity index (χ4v) is 3.21. The number of nitrogens with zero attached hydrogens (tertiary/aromatic N) is 1. The fourth-order valence-electron chi connectivity index (χ4n) is 3.21. The van der Waals surface area contributed by atoms with Crippen LogP contribution in [0.2, 0.25) is 0 Å². The van der Waals surface area contributed by atoms with Crippen LogP contribution in [0.1, 0.15) is 61.4 Å². The summed E-state index contributed by atoms with van der Waals surface area (Å²) in [7, 11) is 0. The smallest absolute Gasteiger partial charge is 0.305 e. The average molecular weight is 361 g/mol. The number of unbranched alkanes of at least 4 members (excludes halogenated alkanes) is 3. The molecular formula is C21H31NO4. The van der Waals surface area contributed by atoms with Crippen LogP contribution in [0.5, 0.6) is 0 Å². The molecule has 26 heavy (non-hydrogen) atoms. The Labute approximate surface area is 156 Å². The zero-order valence-electron chi connectivity index (χ0n) is 15.9. The molecule has 0 radical (unpaired) electrons. The SMILES string of the molecule is CCOC(=O)CCCCCCC(=O)c1ccccc1CN1CCOCC1. The van der Waals surface area contributed by atoms with Crippen LogP contribution < -0.4 is 0 Å². The maximum atomic E-state index is 12.6. The minimum Gasteiger partial charge on any atom is -0.466 e. The second-order valence-corrected chi connectivity index (χ2v) is 6.69. The van der Waals surface area contributed by atoms with Crippen LogP contribution in [0.4, 0.5) is 0 Å². The lowest BCUT2D eigenvalue weighted by atomic mass is 9.98. The van der Waals surface area contributed by atoms with Gasteiger partial charge in [-0.3, -0.25) is 14.5 Å². The number of ketones is 1. The van der Waals surface area contributed by atoms with E-state index in [1.807, 2.05) is 25.1 Å². The summed E-state index contributed by atoms with van der Waals surface area (Å²) in [5.74, 6) is 0.0971. The van der Waals surface area contributed by atoms with Gasteiger partial charge in [0.1, 0.15) is 0 Å². The molecule has 0 aromatic heterocycles. The molecule has 1 aliphatic heterocycles. The van der Waals surface area contributed by atoms with Crippen molar-refractivity contribution in [1.29, 1.82) is 0 Å². The van der Waals surface area contributed by atoms with E-state index in [1.165, 1.54) is 0 Å². The Balaban J connectivity index is 1.72. The molecule has 0 N–H and O–H groups in total. The third-order valence-corrected chi connectivity index (χ3v) is 4.66. The lowest BCUT2D eigenvalue weighted by Gasteiger charge is -2.27. The van der Waals surface area contributed by atoms with Gasteiger partial charge in [0.05, 0.1) is 19.8 Å². The second kappa shape index (κ2) is 11.8. The molecule has 144 valence electrons. The standard InChI is InChI=1S/C21H31NO4/c1-2-26-21(24)12-6-4-3-5-11-20(23)19-10-8-7-9-18(19)17-22-13-15-25-16-14-22/h7-10H,2-6,11-17H2,1H3. The van der Waals surface area contributed by atoms with Crippen LogP contribution in [-0.4, -0.2) is 49.6 Å². The molecule has 5 nitrogen and oxygen atoms in total. The van der Waals surface area contributed by atoms with Crippen LogP contribution in [0.15, 0.2) is 24.3 Å². The summed E-state index contributed by atoms with van der Waals surface area (Å²) >= 11 is 0. The van der Waals surface area contributed by atoms with Gasteiger partial charge in [-0.1, -0.05) is 37.1 Å². The highest BCUT2D eigenvalue weighted by Gasteiger charge is 2.15. The summed E-state index contributed by atoms with van der Waals surface area (Å²) in [6, 6.07) is 7.94. The van der Waals surface area contributed by atoms with E-state index in [0.29, 0.717) is 19.4 Å². The van der Waals surface area contributed by atoms with Gasteiger partial charge in [0.25, 0.3) is 0 Å². The van der Waals surface area contributed by atoms with Crippen molar-refractivity contribution in [3.8, 4) is 0 Å². The number of hydrogen-bond donors (Lipinski definition) is 0. The van der Waals surface area contributed by atoms with Crippen LogP contribution in [0, 0.1) is 0 Å². The Bertz CT molecular complexity index is 567. The topological polar surface area (TPSA) is 55.8 Å². The number of esters is 1. The average Bonchev–Trinajstić information content (AvgIpc) is 2.66. The number of carbonyl (C=O) groups is 2. The molecule has 1 aliphatic rings. The minimum atomic E-state index is -0.124. The highest BCUT2D eigenvalue weighted by molar-refractivity contribution is 5.97. The Morgan fingerprint density at radius 3 is 2.46 bits per heavy atom. The number of benzene rings is 1. The molecule has 1 saturated heterocycles. The lowest BCUT2D eigenvalue weighted by Crippen LogP contribution is -2.36. The number of Topliss-reactive ketones (excluding diaryl/α,β-unsaturated/α-hetero) is 1. The van der Waals surface area contributed by atoms with E-state index in [1.54, 1.807) is 0 Å². The van der Waals surface area contributed by atoms with E-state index in [4.69, 9.17) is 9.47 Å². The normalized spacial score (nSPS) is 15.0. The van der Waals surface area contributed by atoms with Gasteiger partial charge in [0.2, 0.25) is 0 Å². The fraction of sp³-hybridized carbons (Fsp3) is 0.619. The third-order valence-electron chi connectivity index (χ3n) is 4.66. The molecule has 0 atom stereocenters. The number of morpholine rings is 1. The van der Waals surface area contributed by atoms with Crippen molar-refractivity contribution in [2.75, 3.05) is 32.9 Å². The Morgan fingerprint density at radius 2 is 1.73 bits per heavy atom. The van der Waals surface area contributed by atoms with E-state index >= 15 is 0 Å². The van der Waals surface area contributed by atoms with Gasteiger partial charge in [-0.15, -0.1) is 0 Å². The van der Waals surface area contributed by atoms with Crippen molar-refractivity contribution in [3.63, 3.8) is 0 Å². The number of ether oxygens (including phenoxy) is 2. The van der Waals surface area contributed by atoms with Crippen LogP contribution in [0.3, 0.4) is 0 Å². The molecule has 0 spiro atoms. The maximum absolute atomic E-state index is 12.6. The zero-order chi connectivity index (χ0) is 18.6. The summed E-state index contributed by atoms with van der Waals surface area (Å²) in [5.41, 5.74) is 1.97. The zero-order valence-corrected chi connectivity index (χ0v) is 15.9. The summed E-state index contributed by atoms with van der Waals surface area (Å²) in [6.07, 6.45) is 4.68. The van der Waals surface area contributed by atoms with Crippen LogP contribution >= 0.6 is 0 Å². The van der Waals surface area contributed by atoms with Gasteiger partial charge in [0.15, 0.2) is 5.78 Å². The quantitative estimate of drug-likeness (QED) is 0.342. The van der Waals surface area contributed by atoms with Crippen molar-refractivity contribution < 1.29 is 19.1 Å².